The summed E-state index contributed by atoms with van der Waals surface area (Å²) in [4.78, 5) is 33.0. The molecular weight excluding hydrogens is 416 g/mol. The third-order valence-corrected chi connectivity index (χ3v) is 4.31. The maximum absolute atomic E-state index is 12.9. The number of amides is 2. The molecule has 174 valence electrons. The van der Waals surface area contributed by atoms with Gasteiger partial charge in [0.15, 0.2) is 5.17 Å². The van der Waals surface area contributed by atoms with Crippen LogP contribution in [0.15, 0.2) is 23.2 Å². The highest BCUT2D eigenvalue weighted by molar-refractivity contribution is 8.13. The first kappa shape index (κ1) is 26.6. The molecule has 0 heterocycles. The number of hydrogen-bond donors (Lipinski definition) is 1. The van der Waals surface area contributed by atoms with Gasteiger partial charge in [-0.25, -0.2) is 19.5 Å². The summed E-state index contributed by atoms with van der Waals surface area (Å²) in [6.45, 7) is 12.4. The Kier molecular flexibility index (Phi) is 9.23. The van der Waals surface area contributed by atoms with Crippen LogP contribution >= 0.6 is 11.8 Å². The Morgan fingerprint density at radius 2 is 1.55 bits per heavy atom. The van der Waals surface area contributed by atoms with E-state index in [4.69, 9.17) is 15.2 Å². The molecule has 0 saturated heterocycles. The van der Waals surface area contributed by atoms with Gasteiger partial charge in [-0.2, -0.15) is 0 Å². The molecule has 2 amide bonds. The third-order valence-electron chi connectivity index (χ3n) is 3.63. The monoisotopic (exact) mass is 452 g/mol. The molecule has 0 aliphatic heterocycles. The Labute approximate surface area is 190 Å². The number of carbonyl (C=O) groups excluding carboxylic acids is 2. The number of imide groups is 1. The van der Waals surface area contributed by atoms with E-state index in [1.165, 1.54) is 11.8 Å². The quantitative estimate of drug-likeness (QED) is 0.489. The molecule has 1 aromatic carbocycles. The number of benzene rings is 1. The van der Waals surface area contributed by atoms with Crippen molar-refractivity contribution in [2.45, 2.75) is 66.2 Å². The van der Waals surface area contributed by atoms with E-state index in [9.17, 15) is 9.59 Å². The highest BCUT2D eigenvalue weighted by Gasteiger charge is 2.32. The van der Waals surface area contributed by atoms with Crippen molar-refractivity contribution in [2.24, 2.45) is 10.7 Å². The zero-order chi connectivity index (χ0) is 24.0. The summed E-state index contributed by atoms with van der Waals surface area (Å²) in [5.41, 5.74) is 6.59. The topological polar surface area (TPSA) is 97.5 Å². The van der Waals surface area contributed by atoms with E-state index in [2.05, 4.69) is 4.99 Å². The van der Waals surface area contributed by atoms with Gasteiger partial charge in [-0.3, -0.25) is 0 Å². The zero-order valence-corrected chi connectivity index (χ0v) is 20.9. The lowest BCUT2D eigenvalue weighted by Gasteiger charge is -2.29. The minimum Gasteiger partial charge on any atom is -0.443 e. The van der Waals surface area contributed by atoms with Gasteiger partial charge in [-0.05, 0) is 71.1 Å². The molecule has 0 atom stereocenters. The maximum Gasteiger partial charge on any atom is 0.420 e. The van der Waals surface area contributed by atoms with Crippen molar-refractivity contribution in [1.82, 2.24) is 4.90 Å². The van der Waals surface area contributed by atoms with Crippen LogP contribution in [-0.2, 0) is 16.0 Å². The SMILES string of the molecule is CCSC(N)=Nc1ccc(N(C)C)c(CN(C(=O)OC(C)(C)C)C(=O)OC(C)(C)C)c1. The van der Waals surface area contributed by atoms with Gasteiger partial charge in [0, 0.05) is 19.8 Å². The van der Waals surface area contributed by atoms with Crippen molar-refractivity contribution >= 4 is 40.5 Å². The first-order valence-corrected chi connectivity index (χ1v) is 11.1. The van der Waals surface area contributed by atoms with Crippen LogP contribution in [0.1, 0.15) is 54.0 Å². The highest BCUT2D eigenvalue weighted by Crippen LogP contribution is 2.28. The Balaban J connectivity index is 3.39. The Bertz CT molecular complexity index is 783. The fourth-order valence-corrected chi connectivity index (χ4v) is 2.99. The van der Waals surface area contributed by atoms with Crippen LogP contribution < -0.4 is 10.6 Å². The van der Waals surface area contributed by atoms with E-state index < -0.39 is 23.4 Å². The lowest BCUT2D eigenvalue weighted by atomic mass is 10.1. The van der Waals surface area contributed by atoms with Gasteiger partial charge >= 0.3 is 12.2 Å². The van der Waals surface area contributed by atoms with Gasteiger partial charge < -0.3 is 20.1 Å². The summed E-state index contributed by atoms with van der Waals surface area (Å²) in [7, 11) is 3.77. The molecule has 0 aliphatic carbocycles. The van der Waals surface area contributed by atoms with Gasteiger partial charge in [-0.1, -0.05) is 18.7 Å². The maximum atomic E-state index is 12.9. The molecule has 31 heavy (non-hydrogen) atoms. The second-order valence-corrected chi connectivity index (χ2v) is 10.4. The van der Waals surface area contributed by atoms with Crippen LogP contribution in [0.4, 0.5) is 21.0 Å². The number of nitrogens with two attached hydrogens (primary N) is 1. The molecule has 0 radical (unpaired) electrons. The van der Waals surface area contributed by atoms with Crippen LogP contribution in [0, 0.1) is 0 Å². The summed E-state index contributed by atoms with van der Waals surface area (Å²) >= 11 is 1.44. The summed E-state index contributed by atoms with van der Waals surface area (Å²) < 4.78 is 10.9. The van der Waals surface area contributed by atoms with Gasteiger partial charge in [-0.15, -0.1) is 0 Å². The minimum absolute atomic E-state index is 0.0402. The molecule has 1 rings (SSSR count). The molecule has 0 aromatic heterocycles. The molecule has 0 fully saturated rings. The molecule has 0 spiro atoms. The van der Waals surface area contributed by atoms with Crippen molar-refractivity contribution in [3.63, 3.8) is 0 Å². The third kappa shape index (κ3) is 9.50. The second-order valence-electron chi connectivity index (χ2n) is 9.14. The second kappa shape index (κ2) is 10.7. The van der Waals surface area contributed by atoms with E-state index >= 15 is 0 Å². The number of nitrogens with zero attached hydrogens (tertiary/aromatic N) is 3. The average Bonchev–Trinajstić information content (AvgIpc) is 2.56. The van der Waals surface area contributed by atoms with Crippen LogP contribution in [0.2, 0.25) is 0 Å². The molecule has 9 heteroatoms. The van der Waals surface area contributed by atoms with Crippen LogP contribution in [-0.4, -0.2) is 53.3 Å². The Hall–Kier alpha value is -2.42. The van der Waals surface area contributed by atoms with Gasteiger partial charge in [0.2, 0.25) is 0 Å². The minimum atomic E-state index is -0.776. The van der Waals surface area contributed by atoms with Crippen molar-refractivity contribution < 1.29 is 19.1 Å². The van der Waals surface area contributed by atoms with E-state index in [-0.39, 0.29) is 6.54 Å². The molecule has 0 unspecified atom stereocenters. The highest BCUT2D eigenvalue weighted by atomic mass is 32.2. The van der Waals surface area contributed by atoms with Crippen LogP contribution in [0.5, 0.6) is 0 Å². The van der Waals surface area contributed by atoms with E-state index in [0.717, 1.165) is 16.3 Å². The normalized spacial score (nSPS) is 12.4. The number of rotatable bonds is 5. The number of anilines is 1. The van der Waals surface area contributed by atoms with Gasteiger partial charge in [0.1, 0.15) is 11.2 Å². The lowest BCUT2D eigenvalue weighted by molar-refractivity contribution is -0.000218. The predicted octanol–water partition coefficient (Wildman–Crippen LogP) is 5.12. The predicted molar refractivity (Wildman–Crippen MR) is 128 cm³/mol. The van der Waals surface area contributed by atoms with Crippen molar-refractivity contribution in [3.8, 4) is 0 Å². The number of amidine groups is 1. The van der Waals surface area contributed by atoms with Gasteiger partial charge in [0.25, 0.3) is 0 Å². The summed E-state index contributed by atoms with van der Waals surface area (Å²) in [6, 6.07) is 5.52. The Morgan fingerprint density at radius 3 is 1.97 bits per heavy atom. The van der Waals surface area contributed by atoms with Crippen molar-refractivity contribution in [1.29, 1.82) is 0 Å². The standard InChI is InChI=1S/C22H36N4O4S/c1-10-31-18(23)24-16-11-12-17(25(8)9)15(13-16)14-26(19(27)29-21(2,3)4)20(28)30-22(5,6)7/h11-13H,10,14H2,1-9H3,(H2,23,24). The molecule has 0 saturated carbocycles. The summed E-state index contributed by atoms with van der Waals surface area (Å²) in [5, 5.41) is 0.446. The number of thioether (sulfide) groups is 1. The Morgan fingerprint density at radius 1 is 1.03 bits per heavy atom. The number of ether oxygens (including phenoxy) is 2. The lowest BCUT2D eigenvalue weighted by Crippen LogP contribution is -2.43. The zero-order valence-electron chi connectivity index (χ0n) is 20.1. The fraction of sp³-hybridized carbons (Fsp3) is 0.591. The van der Waals surface area contributed by atoms with E-state index in [1.807, 2.05) is 38.1 Å². The molecule has 1 aromatic rings. The first-order chi connectivity index (χ1) is 14.1. The molecule has 0 bridgehead atoms. The number of aliphatic imine (C=N–C) groups is 1. The number of hydrogen-bond acceptors (Lipinski definition) is 7. The largest absolute Gasteiger partial charge is 0.443 e. The van der Waals surface area contributed by atoms with Crippen LogP contribution in [0.25, 0.3) is 0 Å². The van der Waals surface area contributed by atoms with Crippen LogP contribution in [0.3, 0.4) is 0 Å². The van der Waals surface area contributed by atoms with E-state index in [1.54, 1.807) is 47.6 Å². The van der Waals surface area contributed by atoms with Crippen molar-refractivity contribution in [2.75, 3.05) is 24.7 Å². The smallest absolute Gasteiger partial charge is 0.420 e. The summed E-state index contributed by atoms with van der Waals surface area (Å²) in [6.07, 6.45) is -1.55. The molecule has 0 aliphatic rings. The molecule has 8 nitrogen and oxygen atoms in total. The number of carbonyl (C=O) groups is 2. The molecule has 2 N–H and O–H groups in total. The fourth-order valence-electron chi connectivity index (χ4n) is 2.52. The first-order valence-electron chi connectivity index (χ1n) is 10.1. The average molecular weight is 453 g/mol. The van der Waals surface area contributed by atoms with Crippen molar-refractivity contribution in [3.05, 3.63) is 23.8 Å². The van der Waals surface area contributed by atoms with Gasteiger partial charge in [0.05, 0.1) is 12.2 Å². The summed E-state index contributed by atoms with van der Waals surface area (Å²) in [5.74, 6) is 0.809. The van der Waals surface area contributed by atoms with E-state index in [0.29, 0.717) is 16.4 Å². The molecular formula is C22H36N4O4S.